The number of hydrogen-bond donors (Lipinski definition) is 2. The summed E-state index contributed by atoms with van der Waals surface area (Å²) in [5.74, 6) is 1.52. The molecule has 2 heterocycles. The van der Waals surface area contributed by atoms with E-state index < -0.39 is 0 Å². The third kappa shape index (κ3) is 3.23. The molecule has 2 N–H and O–H groups in total. The van der Waals surface area contributed by atoms with Gasteiger partial charge in [0.25, 0.3) is 0 Å². The van der Waals surface area contributed by atoms with E-state index in [0.29, 0.717) is 12.5 Å². The van der Waals surface area contributed by atoms with Gasteiger partial charge in [-0.25, -0.2) is 4.98 Å². The van der Waals surface area contributed by atoms with Gasteiger partial charge in [0, 0.05) is 30.4 Å². The third-order valence-corrected chi connectivity index (χ3v) is 2.54. The Balaban J connectivity index is 2.01. The number of nitrogens with one attached hydrogen (secondary N) is 2. The van der Waals surface area contributed by atoms with E-state index in [1.54, 1.807) is 12.5 Å². The zero-order valence-electron chi connectivity index (χ0n) is 10.7. The molecule has 0 aromatic carbocycles. The maximum atomic E-state index is 5.02. The van der Waals surface area contributed by atoms with E-state index in [1.165, 1.54) is 0 Å². The van der Waals surface area contributed by atoms with E-state index in [9.17, 15) is 0 Å². The van der Waals surface area contributed by atoms with Crippen LogP contribution in [0.5, 0.6) is 0 Å². The van der Waals surface area contributed by atoms with Gasteiger partial charge in [0.15, 0.2) is 0 Å². The molecule has 0 aliphatic carbocycles. The van der Waals surface area contributed by atoms with Gasteiger partial charge in [-0.3, -0.25) is 0 Å². The summed E-state index contributed by atoms with van der Waals surface area (Å²) in [5.41, 5.74) is 2.12. The van der Waals surface area contributed by atoms with Gasteiger partial charge < -0.3 is 15.1 Å². The van der Waals surface area contributed by atoms with Gasteiger partial charge in [-0.2, -0.15) is 4.98 Å². The number of hydrogen-bond acceptors (Lipinski definition) is 5. The Kier molecular flexibility index (Phi) is 4.17. The lowest BCUT2D eigenvalue weighted by Crippen LogP contribution is -2.08. The van der Waals surface area contributed by atoms with Gasteiger partial charge in [-0.05, 0) is 19.4 Å². The molecule has 0 bridgehead atoms. The minimum atomic E-state index is 0.664. The molecule has 0 aliphatic heterocycles. The number of nitrogens with zero attached hydrogens (tertiary/aromatic N) is 2. The molecule has 0 unspecified atom stereocenters. The topological polar surface area (TPSA) is 63.0 Å². The van der Waals surface area contributed by atoms with Crippen LogP contribution in [0, 0.1) is 6.92 Å². The zero-order chi connectivity index (χ0) is 12.8. The lowest BCUT2D eigenvalue weighted by atomic mass is 10.3. The molecule has 2 aromatic rings. The van der Waals surface area contributed by atoms with Crippen molar-refractivity contribution < 1.29 is 4.42 Å². The molecule has 5 heteroatoms. The predicted octanol–water partition coefficient (Wildman–Crippen LogP) is 2.81. The van der Waals surface area contributed by atoms with Crippen molar-refractivity contribution in [2.75, 3.05) is 17.2 Å². The highest BCUT2D eigenvalue weighted by molar-refractivity contribution is 5.46. The fourth-order valence-corrected chi connectivity index (χ4v) is 1.52. The fourth-order valence-electron chi connectivity index (χ4n) is 1.52. The Morgan fingerprint density at radius 1 is 1.33 bits per heavy atom. The first-order chi connectivity index (χ1) is 8.79. The Labute approximate surface area is 107 Å². The van der Waals surface area contributed by atoms with E-state index in [2.05, 4.69) is 27.5 Å². The number of anilines is 2. The summed E-state index contributed by atoms with van der Waals surface area (Å²) in [5, 5.41) is 6.46. The largest absolute Gasteiger partial charge is 0.472 e. The molecule has 2 aromatic heterocycles. The highest BCUT2D eigenvalue weighted by Gasteiger charge is 2.03. The number of aromatic nitrogens is 2. The summed E-state index contributed by atoms with van der Waals surface area (Å²) in [7, 11) is 0. The molecule has 0 spiro atoms. The van der Waals surface area contributed by atoms with Gasteiger partial charge in [-0.1, -0.05) is 6.92 Å². The van der Waals surface area contributed by atoms with Gasteiger partial charge in [-0.15, -0.1) is 0 Å². The summed E-state index contributed by atoms with van der Waals surface area (Å²) in [6.45, 7) is 5.67. The van der Waals surface area contributed by atoms with Crippen molar-refractivity contribution in [3.8, 4) is 0 Å². The zero-order valence-corrected chi connectivity index (χ0v) is 10.7. The van der Waals surface area contributed by atoms with Crippen molar-refractivity contribution in [2.24, 2.45) is 0 Å². The predicted molar refractivity (Wildman–Crippen MR) is 71.6 cm³/mol. The summed E-state index contributed by atoms with van der Waals surface area (Å²) in [4.78, 5) is 8.69. The van der Waals surface area contributed by atoms with Crippen LogP contribution in [0.25, 0.3) is 0 Å². The van der Waals surface area contributed by atoms with E-state index in [-0.39, 0.29) is 0 Å². The first-order valence-corrected chi connectivity index (χ1v) is 6.12. The summed E-state index contributed by atoms with van der Waals surface area (Å²) in [6.07, 6.45) is 6.26. The monoisotopic (exact) mass is 246 g/mol. The van der Waals surface area contributed by atoms with Crippen LogP contribution in [-0.4, -0.2) is 16.5 Å². The minimum Gasteiger partial charge on any atom is -0.472 e. The molecule has 0 aliphatic rings. The molecular weight excluding hydrogens is 228 g/mol. The van der Waals surface area contributed by atoms with Crippen LogP contribution in [0.4, 0.5) is 11.8 Å². The Morgan fingerprint density at radius 3 is 2.94 bits per heavy atom. The average Bonchev–Trinajstić information content (AvgIpc) is 2.89. The second-order valence-electron chi connectivity index (χ2n) is 4.14. The minimum absolute atomic E-state index is 0.664. The first kappa shape index (κ1) is 12.4. The Hall–Kier alpha value is -2.04. The van der Waals surface area contributed by atoms with Crippen LogP contribution in [0.1, 0.15) is 24.5 Å². The standard InChI is InChI=1S/C13H18N4O/c1-3-5-14-13-16-7-10(2)12(17-13)15-8-11-4-6-18-9-11/h4,6-7,9H,3,5,8H2,1-2H3,(H2,14,15,16,17). The van der Waals surface area contributed by atoms with Crippen molar-refractivity contribution >= 4 is 11.8 Å². The quantitative estimate of drug-likeness (QED) is 0.820. The molecule has 18 heavy (non-hydrogen) atoms. The number of furan rings is 1. The molecule has 96 valence electrons. The maximum Gasteiger partial charge on any atom is 0.224 e. The molecule has 0 atom stereocenters. The Morgan fingerprint density at radius 2 is 2.22 bits per heavy atom. The second kappa shape index (κ2) is 6.05. The van der Waals surface area contributed by atoms with Gasteiger partial charge in [0.05, 0.1) is 12.5 Å². The highest BCUT2D eigenvalue weighted by atomic mass is 16.3. The smallest absolute Gasteiger partial charge is 0.224 e. The van der Waals surface area contributed by atoms with E-state index in [4.69, 9.17) is 4.42 Å². The third-order valence-electron chi connectivity index (χ3n) is 2.54. The summed E-state index contributed by atoms with van der Waals surface area (Å²) < 4.78 is 5.02. The van der Waals surface area contributed by atoms with Crippen LogP contribution in [-0.2, 0) is 6.54 Å². The molecular formula is C13H18N4O. The fraction of sp³-hybridized carbons (Fsp3) is 0.385. The Bertz CT molecular complexity index is 482. The van der Waals surface area contributed by atoms with Gasteiger partial charge in [0.2, 0.25) is 5.95 Å². The second-order valence-corrected chi connectivity index (χ2v) is 4.14. The van der Waals surface area contributed by atoms with Crippen LogP contribution in [0.15, 0.2) is 29.2 Å². The SMILES string of the molecule is CCCNc1ncc(C)c(NCc2ccoc2)n1. The number of aryl methyl sites for hydroxylation is 1. The van der Waals surface area contributed by atoms with Crippen LogP contribution < -0.4 is 10.6 Å². The van der Waals surface area contributed by atoms with Crippen molar-refractivity contribution in [1.29, 1.82) is 0 Å². The maximum absolute atomic E-state index is 5.02. The normalized spacial score (nSPS) is 10.3. The van der Waals surface area contributed by atoms with Crippen LogP contribution in [0.2, 0.25) is 0 Å². The van der Waals surface area contributed by atoms with Gasteiger partial charge >= 0.3 is 0 Å². The van der Waals surface area contributed by atoms with E-state index in [0.717, 1.165) is 29.9 Å². The highest BCUT2D eigenvalue weighted by Crippen LogP contribution is 2.14. The average molecular weight is 246 g/mol. The summed E-state index contributed by atoms with van der Waals surface area (Å²) >= 11 is 0. The molecule has 0 amide bonds. The van der Waals surface area contributed by atoms with E-state index >= 15 is 0 Å². The van der Waals surface area contributed by atoms with Crippen molar-refractivity contribution in [1.82, 2.24) is 9.97 Å². The van der Waals surface area contributed by atoms with Crippen molar-refractivity contribution in [2.45, 2.75) is 26.8 Å². The molecule has 0 radical (unpaired) electrons. The van der Waals surface area contributed by atoms with Gasteiger partial charge in [0.1, 0.15) is 5.82 Å². The number of rotatable bonds is 6. The lowest BCUT2D eigenvalue weighted by Gasteiger charge is -2.09. The van der Waals surface area contributed by atoms with Crippen molar-refractivity contribution in [3.05, 3.63) is 35.9 Å². The molecule has 0 saturated carbocycles. The molecule has 0 saturated heterocycles. The lowest BCUT2D eigenvalue weighted by molar-refractivity contribution is 0.564. The molecule has 5 nitrogen and oxygen atoms in total. The molecule has 2 rings (SSSR count). The van der Waals surface area contributed by atoms with Crippen molar-refractivity contribution in [3.63, 3.8) is 0 Å². The summed E-state index contributed by atoms with van der Waals surface area (Å²) in [6, 6.07) is 1.93. The molecule has 0 fully saturated rings. The van der Waals surface area contributed by atoms with E-state index in [1.807, 2.05) is 19.2 Å². The van der Waals surface area contributed by atoms with Crippen LogP contribution in [0.3, 0.4) is 0 Å². The van der Waals surface area contributed by atoms with Crippen LogP contribution >= 0.6 is 0 Å². The first-order valence-electron chi connectivity index (χ1n) is 6.12.